The van der Waals surface area contributed by atoms with Crippen LogP contribution in [-0.4, -0.2) is 89.3 Å². The highest BCUT2D eigenvalue weighted by Gasteiger charge is 2.52. The van der Waals surface area contributed by atoms with E-state index in [9.17, 15) is 24.0 Å². The van der Waals surface area contributed by atoms with Gasteiger partial charge >= 0.3 is 12.1 Å². The molecule has 0 saturated carbocycles. The van der Waals surface area contributed by atoms with Crippen molar-refractivity contribution in [1.82, 2.24) is 15.6 Å². The van der Waals surface area contributed by atoms with Crippen LogP contribution in [0.25, 0.3) is 0 Å². The molecule has 2 aliphatic rings. The van der Waals surface area contributed by atoms with E-state index in [4.69, 9.17) is 23.1 Å². The van der Waals surface area contributed by atoms with Crippen LogP contribution in [0.3, 0.4) is 0 Å². The molecule has 15 nitrogen and oxygen atoms in total. The van der Waals surface area contributed by atoms with Gasteiger partial charge in [-0.3, -0.25) is 14.4 Å². The first kappa shape index (κ1) is 53.6. The van der Waals surface area contributed by atoms with E-state index >= 15 is 0 Å². The maximum Gasteiger partial charge on any atom is 0.416 e. The summed E-state index contributed by atoms with van der Waals surface area (Å²) in [6.07, 6.45) is 2.11. The number of amides is 3. The zero-order chi connectivity index (χ0) is 49.6. The molecule has 2 heterocycles. The van der Waals surface area contributed by atoms with Crippen molar-refractivity contribution >= 4 is 57.7 Å². The normalized spacial score (nSPS) is 17.5. The molecule has 0 aromatic heterocycles. The van der Waals surface area contributed by atoms with Crippen LogP contribution in [0.2, 0.25) is 34.8 Å². The highest BCUT2D eigenvalue weighted by Crippen LogP contribution is 2.49. The number of ether oxygens (including phenoxy) is 3. The second-order valence-electron chi connectivity index (χ2n) is 20.3. The van der Waals surface area contributed by atoms with Gasteiger partial charge in [0, 0.05) is 18.0 Å². The SMILES string of the molecule is C=CCOC(=O)C(=O)[C@@H](NC(=O)[C@H](C)NNc1ccc(COC(=O)N2c3cc(O[Si](C(C)C)(C(C)C)C(C)C)c(OC)cc3C(=O)N3C=C(C)C[C@H]3[C@@H]2O[Si](C)(C)C(C)(C)C)cc1)C(C)C. The van der Waals surface area contributed by atoms with E-state index in [0.29, 0.717) is 34.9 Å². The van der Waals surface area contributed by atoms with Crippen molar-refractivity contribution in [2.45, 2.75) is 162 Å². The van der Waals surface area contributed by atoms with Crippen LogP contribution in [0, 0.1) is 5.92 Å². The Balaban J connectivity index is 1.67. The minimum atomic E-state index is -2.62. The largest absolute Gasteiger partial charge is 0.540 e. The fraction of sp³-hybridized carbons (Fsp3) is 0.571. The topological polar surface area (TPSA) is 174 Å². The summed E-state index contributed by atoms with van der Waals surface area (Å²) in [5.74, 6) is -2.18. The molecule has 0 radical (unpaired) electrons. The molecule has 3 amide bonds. The lowest BCUT2D eigenvalue weighted by molar-refractivity contribution is -0.154. The molecule has 4 atom stereocenters. The molecule has 3 N–H and O–H groups in total. The second-order valence-corrected chi connectivity index (χ2v) is 30.4. The van der Waals surface area contributed by atoms with E-state index < -0.39 is 64.7 Å². The van der Waals surface area contributed by atoms with Gasteiger partial charge in [0.2, 0.25) is 5.91 Å². The molecule has 0 saturated heterocycles. The van der Waals surface area contributed by atoms with Gasteiger partial charge in [-0.25, -0.2) is 19.9 Å². The summed E-state index contributed by atoms with van der Waals surface area (Å²) < 4.78 is 31.5. The maximum absolute atomic E-state index is 15.0. The molecule has 17 heteroatoms. The zero-order valence-corrected chi connectivity index (χ0v) is 44.0. The number of fused-ring (bicyclic) bond motifs is 2. The van der Waals surface area contributed by atoms with Gasteiger partial charge < -0.3 is 38.7 Å². The summed E-state index contributed by atoms with van der Waals surface area (Å²) in [4.78, 5) is 70.9. The van der Waals surface area contributed by atoms with Crippen molar-refractivity contribution in [1.29, 1.82) is 0 Å². The number of esters is 1. The summed E-state index contributed by atoms with van der Waals surface area (Å²) in [5.41, 5.74) is 9.48. The van der Waals surface area contributed by atoms with E-state index in [1.165, 1.54) is 11.0 Å². The number of carbonyl (C=O) groups is 5. The smallest absolute Gasteiger partial charge is 0.416 e. The van der Waals surface area contributed by atoms with Crippen molar-refractivity contribution in [2.75, 3.05) is 24.0 Å². The Bertz CT molecular complexity index is 2110. The molecule has 0 unspecified atom stereocenters. The number of carbonyl (C=O) groups excluding carboxylic acids is 5. The predicted molar refractivity (Wildman–Crippen MR) is 263 cm³/mol. The standard InChI is InChI=1S/C49H75N5O10Si2/c1-18-23-61-47(58)43(55)42(29(2)3)50-44(56)34(11)51-52-36-21-19-35(20-22-36)28-62-48(59)54-38-26-41(63-66(30(4)5,31(6)7)32(8)9)40(60-15)25-37(38)45(57)53-27-33(10)24-39(53)46(54)64-65(16,17)49(12,13)14/h18-22,25-27,29-32,34,39,42,46,51-52H,1,23-24,28H2,2-17H3,(H,50,56)/t34-,39-,42-,46-/m0/s1. The van der Waals surface area contributed by atoms with Crippen molar-refractivity contribution in [3.8, 4) is 11.5 Å². The third-order valence-corrected chi connectivity index (χ3v) is 23.6. The molecule has 0 bridgehead atoms. The zero-order valence-electron chi connectivity index (χ0n) is 42.0. The van der Waals surface area contributed by atoms with Gasteiger partial charge in [-0.2, -0.15) is 0 Å². The molecule has 66 heavy (non-hydrogen) atoms. The Morgan fingerprint density at radius 1 is 0.909 bits per heavy atom. The summed E-state index contributed by atoms with van der Waals surface area (Å²) in [6.45, 7) is 34.1. The Hall–Kier alpha value is -4.98. The second kappa shape index (κ2) is 21.8. The highest BCUT2D eigenvalue weighted by atomic mass is 28.4. The fourth-order valence-corrected chi connectivity index (χ4v) is 15.0. The van der Waals surface area contributed by atoms with Gasteiger partial charge in [-0.1, -0.05) is 107 Å². The molecule has 2 aromatic carbocycles. The third kappa shape index (κ3) is 11.8. The molecule has 364 valence electrons. The summed E-state index contributed by atoms with van der Waals surface area (Å²) >= 11 is 0. The average Bonchev–Trinajstić information content (AvgIpc) is 3.61. The van der Waals surface area contributed by atoms with Gasteiger partial charge in [0.1, 0.15) is 31.0 Å². The molecule has 2 aromatic rings. The monoisotopic (exact) mass is 950 g/mol. The molecule has 2 aliphatic heterocycles. The number of nitrogens with one attached hydrogen (secondary N) is 3. The minimum absolute atomic E-state index is 0.104. The molecule has 0 spiro atoms. The van der Waals surface area contributed by atoms with Crippen LogP contribution in [0.15, 0.2) is 60.8 Å². The fourth-order valence-electron chi connectivity index (χ4n) is 8.53. The minimum Gasteiger partial charge on any atom is -0.540 e. The van der Waals surface area contributed by atoms with Gasteiger partial charge in [0.15, 0.2) is 20.3 Å². The van der Waals surface area contributed by atoms with Crippen molar-refractivity contribution < 1.29 is 47.0 Å². The lowest BCUT2D eigenvalue weighted by atomic mass is 9.99. The van der Waals surface area contributed by atoms with Crippen LogP contribution in [0.1, 0.15) is 112 Å². The van der Waals surface area contributed by atoms with Crippen LogP contribution in [-0.2, 0) is 34.9 Å². The Kier molecular flexibility index (Phi) is 17.7. The van der Waals surface area contributed by atoms with E-state index in [2.05, 4.69) is 98.2 Å². The first-order chi connectivity index (χ1) is 30.7. The van der Waals surface area contributed by atoms with E-state index in [0.717, 1.165) is 5.57 Å². The molecular weight excluding hydrogens is 875 g/mol. The number of hydrazine groups is 1. The van der Waals surface area contributed by atoms with Crippen LogP contribution < -0.4 is 30.2 Å². The van der Waals surface area contributed by atoms with Gasteiger partial charge in [-0.15, -0.1) is 0 Å². The number of anilines is 2. The lowest BCUT2D eigenvalue weighted by Gasteiger charge is -2.44. The Labute approximate surface area is 394 Å². The average molecular weight is 950 g/mol. The predicted octanol–water partition coefficient (Wildman–Crippen LogP) is 9.62. The van der Waals surface area contributed by atoms with E-state index in [1.807, 2.05) is 13.1 Å². The number of hydrogen-bond acceptors (Lipinski definition) is 12. The van der Waals surface area contributed by atoms with Crippen molar-refractivity contribution in [3.63, 3.8) is 0 Å². The number of rotatable bonds is 20. The molecule has 0 aliphatic carbocycles. The number of methoxy groups -OCH3 is 1. The number of nitrogens with zero attached hydrogens (tertiary/aromatic N) is 2. The first-order valence-corrected chi connectivity index (χ1v) is 28.0. The number of ketones is 1. The highest BCUT2D eigenvalue weighted by molar-refractivity contribution is 6.78. The maximum atomic E-state index is 15.0. The van der Waals surface area contributed by atoms with E-state index in [-0.39, 0.29) is 52.3 Å². The Morgan fingerprint density at radius 3 is 2.05 bits per heavy atom. The quantitative estimate of drug-likeness (QED) is 0.0378. The number of benzene rings is 2. The lowest BCUT2D eigenvalue weighted by Crippen LogP contribution is -2.57. The summed E-state index contributed by atoms with van der Waals surface area (Å²) in [7, 11) is -3.62. The van der Waals surface area contributed by atoms with Crippen LogP contribution in [0.5, 0.6) is 11.5 Å². The third-order valence-electron chi connectivity index (χ3n) is 13.2. The van der Waals surface area contributed by atoms with Crippen LogP contribution in [0.4, 0.5) is 16.2 Å². The van der Waals surface area contributed by atoms with Crippen molar-refractivity contribution in [2.24, 2.45) is 5.92 Å². The summed E-state index contributed by atoms with van der Waals surface area (Å²) in [5, 5.41) is 2.41. The van der Waals surface area contributed by atoms with Gasteiger partial charge in [-0.05, 0) is 84.7 Å². The molecule has 0 fully saturated rings. The van der Waals surface area contributed by atoms with Crippen LogP contribution >= 0.6 is 0 Å². The van der Waals surface area contributed by atoms with Gasteiger partial charge in [0.05, 0.1) is 24.4 Å². The van der Waals surface area contributed by atoms with Crippen molar-refractivity contribution in [3.05, 3.63) is 72.0 Å². The van der Waals surface area contributed by atoms with E-state index in [1.54, 1.807) is 69.2 Å². The molecule has 4 rings (SSSR count). The molecular formula is C49H75N5O10Si2. The van der Waals surface area contributed by atoms with Gasteiger partial charge in [0.25, 0.3) is 20.0 Å². The summed E-state index contributed by atoms with van der Waals surface area (Å²) in [6, 6.07) is 8.13. The number of Topliss-reactive ketones (excluding diaryl/α,β-unsaturated/α-hetero) is 1. The Morgan fingerprint density at radius 2 is 1.52 bits per heavy atom. The first-order valence-electron chi connectivity index (χ1n) is 23.0. The number of hydrogen-bond donors (Lipinski definition) is 3.